The molecule has 2 rings (SSSR count). The van der Waals surface area contributed by atoms with E-state index in [1.54, 1.807) is 0 Å². The predicted octanol–water partition coefficient (Wildman–Crippen LogP) is 4.80. The van der Waals surface area contributed by atoms with E-state index in [2.05, 4.69) is 5.32 Å². The lowest BCUT2D eigenvalue weighted by Gasteiger charge is -2.13. The monoisotopic (exact) mass is 427 g/mol. The van der Waals surface area contributed by atoms with Gasteiger partial charge in [0.2, 0.25) is 0 Å². The van der Waals surface area contributed by atoms with Crippen LogP contribution in [0.25, 0.3) is 0 Å². The number of aromatic carboxylic acids is 1. The van der Waals surface area contributed by atoms with Crippen molar-refractivity contribution in [3.8, 4) is 0 Å². The molecule has 8 heteroatoms. The average Bonchev–Trinajstić information content (AvgIpc) is 2.41. The minimum Gasteiger partial charge on any atom is -0.478 e. The molecule has 0 fully saturated rings. The van der Waals surface area contributed by atoms with Crippen LogP contribution in [-0.4, -0.2) is 11.1 Å². The number of benzene rings is 2. The molecule has 0 radical (unpaired) electrons. The van der Waals surface area contributed by atoms with E-state index in [4.69, 9.17) is 16.7 Å². The molecule has 2 N–H and O–H groups in total. The Morgan fingerprint density at radius 3 is 2.43 bits per heavy atom. The minimum atomic E-state index is -1.52. The van der Waals surface area contributed by atoms with E-state index in [0.717, 1.165) is 12.1 Å². The van der Waals surface area contributed by atoms with E-state index in [9.17, 15) is 18.0 Å². The van der Waals surface area contributed by atoms with Crippen LogP contribution in [-0.2, 0) is 0 Å². The fourth-order valence-electron chi connectivity index (χ4n) is 1.61. The Bertz CT molecular complexity index is 740. The molecule has 0 aliphatic heterocycles. The molecule has 0 bridgehead atoms. The van der Waals surface area contributed by atoms with Gasteiger partial charge in [-0.2, -0.15) is 0 Å². The normalized spacial score (nSPS) is 10.5. The quantitative estimate of drug-likeness (QED) is 0.546. The van der Waals surface area contributed by atoms with E-state index in [0.29, 0.717) is 3.57 Å². The molecule has 0 aromatic heterocycles. The van der Waals surface area contributed by atoms with E-state index >= 15 is 0 Å². The summed E-state index contributed by atoms with van der Waals surface area (Å²) < 4.78 is 41.7. The molecule has 2 aromatic carbocycles. The first-order valence-electron chi connectivity index (χ1n) is 5.44. The third kappa shape index (κ3) is 3.24. The van der Waals surface area contributed by atoms with Crippen molar-refractivity contribution in [3.63, 3.8) is 0 Å². The summed E-state index contributed by atoms with van der Waals surface area (Å²) in [5, 5.41) is 10.6. The summed E-state index contributed by atoms with van der Waals surface area (Å²) in [6.45, 7) is 0. The second-order valence-corrected chi connectivity index (χ2v) is 5.62. The van der Waals surface area contributed by atoms with Gasteiger partial charge in [-0.25, -0.2) is 18.0 Å². The van der Waals surface area contributed by atoms with Crippen molar-refractivity contribution in [2.75, 3.05) is 5.32 Å². The van der Waals surface area contributed by atoms with Crippen LogP contribution < -0.4 is 5.32 Å². The van der Waals surface area contributed by atoms with Crippen molar-refractivity contribution in [1.82, 2.24) is 0 Å². The van der Waals surface area contributed by atoms with Crippen molar-refractivity contribution in [2.45, 2.75) is 0 Å². The smallest absolute Gasteiger partial charge is 0.337 e. The van der Waals surface area contributed by atoms with Gasteiger partial charge < -0.3 is 10.4 Å². The molecule has 3 nitrogen and oxygen atoms in total. The summed E-state index contributed by atoms with van der Waals surface area (Å²) >= 11 is 7.28. The Labute approximate surface area is 135 Å². The van der Waals surface area contributed by atoms with Gasteiger partial charge in [0.1, 0.15) is 5.82 Å². The lowest BCUT2D eigenvalue weighted by molar-refractivity contribution is 0.0697. The van der Waals surface area contributed by atoms with Gasteiger partial charge in [0.05, 0.1) is 22.0 Å². The lowest BCUT2D eigenvalue weighted by atomic mass is 10.1. The molecule has 0 heterocycles. The molecule has 0 amide bonds. The molecular formula is C13H6ClF3INO2. The largest absolute Gasteiger partial charge is 0.478 e. The number of carbonyl (C=O) groups is 1. The van der Waals surface area contributed by atoms with Crippen LogP contribution in [0.2, 0.25) is 5.02 Å². The molecule has 0 atom stereocenters. The Hall–Kier alpha value is -1.48. The van der Waals surface area contributed by atoms with E-state index in [1.165, 1.54) is 12.1 Å². The number of carboxylic acids is 1. The van der Waals surface area contributed by atoms with Crippen molar-refractivity contribution in [2.24, 2.45) is 0 Å². The number of rotatable bonds is 3. The highest BCUT2D eigenvalue weighted by molar-refractivity contribution is 14.1. The van der Waals surface area contributed by atoms with Crippen LogP contribution >= 0.6 is 34.2 Å². The highest BCUT2D eigenvalue weighted by Gasteiger charge is 2.22. The molecule has 0 saturated heterocycles. The van der Waals surface area contributed by atoms with E-state index in [1.807, 2.05) is 22.6 Å². The maximum absolute atomic E-state index is 13.9. The van der Waals surface area contributed by atoms with Gasteiger partial charge >= 0.3 is 5.97 Å². The topological polar surface area (TPSA) is 49.3 Å². The number of carboxylic acid groups (broad SMARTS) is 1. The second kappa shape index (κ2) is 6.10. The van der Waals surface area contributed by atoms with Crippen molar-refractivity contribution in [3.05, 3.63) is 55.9 Å². The van der Waals surface area contributed by atoms with Crippen molar-refractivity contribution in [1.29, 1.82) is 0 Å². The van der Waals surface area contributed by atoms with Crippen molar-refractivity contribution < 1.29 is 23.1 Å². The first kappa shape index (κ1) is 15.9. The van der Waals surface area contributed by atoms with E-state index < -0.39 is 39.7 Å². The molecule has 0 saturated carbocycles. The first-order valence-corrected chi connectivity index (χ1v) is 6.89. The average molecular weight is 428 g/mol. The molecular weight excluding hydrogens is 421 g/mol. The van der Waals surface area contributed by atoms with Gasteiger partial charge in [0.15, 0.2) is 11.6 Å². The first-order chi connectivity index (χ1) is 9.81. The van der Waals surface area contributed by atoms with Gasteiger partial charge in [0.25, 0.3) is 0 Å². The molecule has 21 heavy (non-hydrogen) atoms. The van der Waals surface area contributed by atoms with Crippen LogP contribution in [0.1, 0.15) is 10.4 Å². The molecule has 0 aliphatic rings. The summed E-state index contributed by atoms with van der Waals surface area (Å²) in [6, 6.07) is 4.73. The maximum atomic E-state index is 13.9. The third-order valence-electron chi connectivity index (χ3n) is 2.58. The predicted molar refractivity (Wildman–Crippen MR) is 80.7 cm³/mol. The van der Waals surface area contributed by atoms with Gasteiger partial charge in [-0.1, -0.05) is 11.6 Å². The van der Waals surface area contributed by atoms with Gasteiger partial charge in [-0.15, -0.1) is 0 Å². The number of hydrogen-bond donors (Lipinski definition) is 2. The zero-order chi connectivity index (χ0) is 15.7. The van der Waals surface area contributed by atoms with Crippen molar-refractivity contribution >= 4 is 51.5 Å². The zero-order valence-electron chi connectivity index (χ0n) is 10.1. The second-order valence-electron chi connectivity index (χ2n) is 3.96. The molecule has 0 aliphatic carbocycles. The summed E-state index contributed by atoms with van der Waals surface area (Å²) in [6.07, 6.45) is 0. The summed E-state index contributed by atoms with van der Waals surface area (Å²) in [4.78, 5) is 11.1. The van der Waals surface area contributed by atoms with Crippen LogP contribution in [0.15, 0.2) is 24.3 Å². The van der Waals surface area contributed by atoms with Crippen LogP contribution in [0.5, 0.6) is 0 Å². The Balaban J connectivity index is 2.57. The number of anilines is 2. The number of halogens is 5. The SMILES string of the molecule is O=C(O)c1cc(Cl)c(F)c(F)c1Nc1ccc(I)cc1F. The molecule has 110 valence electrons. The van der Waals surface area contributed by atoms with E-state index in [-0.39, 0.29) is 5.69 Å². The zero-order valence-corrected chi connectivity index (χ0v) is 13.0. The Morgan fingerprint density at radius 2 is 1.86 bits per heavy atom. The van der Waals surface area contributed by atoms with Crippen LogP contribution in [0.3, 0.4) is 0 Å². The fraction of sp³-hybridized carbons (Fsp3) is 0. The van der Waals surface area contributed by atoms with Gasteiger partial charge in [-0.3, -0.25) is 0 Å². The van der Waals surface area contributed by atoms with Crippen LogP contribution in [0, 0.1) is 21.0 Å². The van der Waals surface area contributed by atoms with Gasteiger partial charge in [-0.05, 0) is 46.9 Å². The molecule has 2 aromatic rings. The minimum absolute atomic E-state index is 0.182. The molecule has 0 unspecified atom stereocenters. The third-order valence-corrected chi connectivity index (χ3v) is 3.53. The molecule has 0 spiro atoms. The fourth-order valence-corrected chi connectivity index (χ4v) is 2.26. The lowest BCUT2D eigenvalue weighted by Crippen LogP contribution is -2.08. The Morgan fingerprint density at radius 1 is 1.19 bits per heavy atom. The summed E-state index contributed by atoms with van der Waals surface area (Å²) in [5.74, 6) is -5.15. The van der Waals surface area contributed by atoms with Crippen LogP contribution in [0.4, 0.5) is 24.5 Å². The highest BCUT2D eigenvalue weighted by Crippen LogP contribution is 2.32. The van der Waals surface area contributed by atoms with Gasteiger partial charge in [0, 0.05) is 3.57 Å². The summed E-state index contributed by atoms with van der Waals surface area (Å²) in [7, 11) is 0. The standard InChI is InChI=1S/C13H6ClF3INO2/c14-7-4-6(13(20)21)12(11(17)10(7)16)19-9-2-1-5(18)3-8(9)15/h1-4,19H,(H,20,21). The summed E-state index contributed by atoms with van der Waals surface area (Å²) in [5.41, 5.74) is -1.47. The number of nitrogens with one attached hydrogen (secondary N) is 1. The Kier molecular flexibility index (Phi) is 4.62. The maximum Gasteiger partial charge on any atom is 0.337 e. The number of hydrogen-bond acceptors (Lipinski definition) is 2. The highest BCUT2D eigenvalue weighted by atomic mass is 127.